The summed E-state index contributed by atoms with van der Waals surface area (Å²) in [6.07, 6.45) is 0. The maximum atomic E-state index is 13.1. The van der Waals surface area contributed by atoms with Crippen molar-refractivity contribution in [1.29, 1.82) is 0 Å². The second kappa shape index (κ2) is 6.44. The van der Waals surface area contributed by atoms with Crippen LogP contribution in [0.2, 0.25) is 0 Å². The highest BCUT2D eigenvalue weighted by molar-refractivity contribution is 5.98. The lowest BCUT2D eigenvalue weighted by molar-refractivity contribution is 0.0728. The van der Waals surface area contributed by atoms with E-state index in [0.717, 1.165) is 5.69 Å². The van der Waals surface area contributed by atoms with Crippen molar-refractivity contribution in [3.63, 3.8) is 0 Å². The molecule has 0 N–H and O–H groups in total. The first-order valence-electron chi connectivity index (χ1n) is 8.66. The first-order chi connectivity index (χ1) is 12.5. The number of anilines is 1. The van der Waals surface area contributed by atoms with Gasteiger partial charge in [-0.05, 0) is 24.3 Å². The molecule has 1 aromatic carbocycles. The maximum Gasteiger partial charge on any atom is 0.274 e. The molecule has 2 aliphatic rings. The van der Waals surface area contributed by atoms with Crippen molar-refractivity contribution in [3.05, 3.63) is 47.5 Å². The van der Waals surface area contributed by atoms with Crippen LogP contribution < -0.4 is 4.90 Å². The molecule has 3 heterocycles. The molecular formula is C18H20FN5O2. The fraction of sp³-hybridized carbons (Fsp3) is 0.389. The van der Waals surface area contributed by atoms with Crippen molar-refractivity contribution in [3.8, 4) is 0 Å². The fourth-order valence-electron chi connectivity index (χ4n) is 3.39. The normalized spacial score (nSPS) is 17.5. The lowest BCUT2D eigenvalue weighted by Crippen LogP contribution is -2.48. The largest absolute Gasteiger partial charge is 0.368 e. The zero-order valence-electron chi connectivity index (χ0n) is 14.6. The van der Waals surface area contributed by atoms with Gasteiger partial charge in [-0.1, -0.05) is 0 Å². The fourth-order valence-corrected chi connectivity index (χ4v) is 3.39. The molecule has 7 nitrogen and oxygen atoms in total. The van der Waals surface area contributed by atoms with E-state index < -0.39 is 0 Å². The molecule has 26 heavy (non-hydrogen) atoms. The summed E-state index contributed by atoms with van der Waals surface area (Å²) in [5.74, 6) is -0.517. The van der Waals surface area contributed by atoms with E-state index in [0.29, 0.717) is 50.7 Å². The molecule has 0 atom stereocenters. The number of likely N-dealkylation sites (N-methyl/N-ethyl adjacent to an activating group) is 1. The molecule has 1 fully saturated rings. The lowest BCUT2D eigenvalue weighted by atomic mass is 10.2. The standard InChI is InChI=1S/C18H20FN5O2/c1-21-6-11-24-16(18(21)26)12-15(20-24)17(25)23-9-7-22(8-10-23)14-4-2-13(19)3-5-14/h2-5,12H,6-11H2,1H3. The Morgan fingerprint density at radius 1 is 1.04 bits per heavy atom. The predicted octanol–water partition coefficient (Wildman–Crippen LogP) is 1.07. The number of hydrogen-bond donors (Lipinski definition) is 0. The van der Waals surface area contributed by atoms with E-state index in [4.69, 9.17) is 0 Å². The highest BCUT2D eigenvalue weighted by Gasteiger charge is 2.29. The van der Waals surface area contributed by atoms with Gasteiger partial charge in [0.05, 0.1) is 6.54 Å². The zero-order valence-corrected chi connectivity index (χ0v) is 14.6. The van der Waals surface area contributed by atoms with Crippen LogP contribution in [0.3, 0.4) is 0 Å². The molecule has 136 valence electrons. The number of carbonyl (C=O) groups is 2. The topological polar surface area (TPSA) is 61.7 Å². The van der Waals surface area contributed by atoms with Gasteiger partial charge in [-0.2, -0.15) is 5.10 Å². The number of rotatable bonds is 2. The second-order valence-electron chi connectivity index (χ2n) is 6.62. The van der Waals surface area contributed by atoms with E-state index in [1.165, 1.54) is 12.1 Å². The SMILES string of the molecule is CN1CCn2nc(C(=O)N3CCN(c4ccc(F)cc4)CC3)cc2C1=O. The number of amides is 2. The van der Waals surface area contributed by atoms with Crippen molar-refractivity contribution in [2.75, 3.05) is 44.7 Å². The van der Waals surface area contributed by atoms with Gasteiger partial charge in [0, 0.05) is 51.5 Å². The number of carbonyl (C=O) groups excluding carboxylic acids is 2. The van der Waals surface area contributed by atoms with Crippen molar-refractivity contribution in [2.24, 2.45) is 0 Å². The Balaban J connectivity index is 1.43. The molecule has 4 rings (SSSR count). The molecule has 2 aliphatic heterocycles. The Hall–Kier alpha value is -2.90. The van der Waals surface area contributed by atoms with Crippen LogP contribution in [0.25, 0.3) is 0 Å². The number of halogens is 1. The van der Waals surface area contributed by atoms with Gasteiger partial charge in [0.2, 0.25) is 0 Å². The summed E-state index contributed by atoms with van der Waals surface area (Å²) in [6.45, 7) is 3.67. The van der Waals surface area contributed by atoms with Crippen molar-refractivity contribution in [1.82, 2.24) is 19.6 Å². The van der Waals surface area contributed by atoms with Gasteiger partial charge in [-0.3, -0.25) is 14.3 Å². The third kappa shape index (κ3) is 2.91. The van der Waals surface area contributed by atoms with Crippen LogP contribution in [0.5, 0.6) is 0 Å². The van der Waals surface area contributed by atoms with Gasteiger partial charge in [0.15, 0.2) is 5.69 Å². The number of benzene rings is 1. The predicted molar refractivity (Wildman–Crippen MR) is 93.7 cm³/mol. The van der Waals surface area contributed by atoms with Gasteiger partial charge in [0.25, 0.3) is 11.8 Å². The Morgan fingerprint density at radius 2 is 1.73 bits per heavy atom. The maximum absolute atomic E-state index is 13.1. The van der Waals surface area contributed by atoms with Crippen LogP contribution in [0.15, 0.2) is 30.3 Å². The van der Waals surface area contributed by atoms with Crippen LogP contribution >= 0.6 is 0 Å². The highest BCUT2D eigenvalue weighted by atomic mass is 19.1. The Bertz CT molecular complexity index is 840. The smallest absolute Gasteiger partial charge is 0.274 e. The summed E-state index contributed by atoms with van der Waals surface area (Å²) >= 11 is 0. The molecule has 0 bridgehead atoms. The van der Waals surface area contributed by atoms with Crippen LogP contribution in [-0.2, 0) is 6.54 Å². The average molecular weight is 357 g/mol. The Kier molecular flexibility index (Phi) is 4.10. The summed E-state index contributed by atoms with van der Waals surface area (Å²) < 4.78 is 14.7. The van der Waals surface area contributed by atoms with E-state index in [1.54, 1.807) is 39.7 Å². The summed E-state index contributed by atoms with van der Waals surface area (Å²) in [5.41, 5.74) is 1.73. The molecular weight excluding hydrogens is 337 g/mol. The molecule has 2 amide bonds. The molecule has 0 aliphatic carbocycles. The number of hydrogen-bond acceptors (Lipinski definition) is 4. The van der Waals surface area contributed by atoms with E-state index >= 15 is 0 Å². The molecule has 0 radical (unpaired) electrons. The third-order valence-electron chi connectivity index (χ3n) is 4.97. The molecule has 0 saturated carbocycles. The van der Waals surface area contributed by atoms with Gasteiger partial charge >= 0.3 is 0 Å². The number of piperazine rings is 1. The van der Waals surface area contributed by atoms with Crippen LogP contribution in [-0.4, -0.2) is 71.2 Å². The van der Waals surface area contributed by atoms with E-state index in [2.05, 4.69) is 10.00 Å². The van der Waals surface area contributed by atoms with E-state index in [9.17, 15) is 14.0 Å². The third-order valence-corrected chi connectivity index (χ3v) is 4.97. The van der Waals surface area contributed by atoms with Crippen molar-refractivity contribution < 1.29 is 14.0 Å². The van der Waals surface area contributed by atoms with Crippen LogP contribution in [0.1, 0.15) is 21.0 Å². The minimum atomic E-state index is -0.258. The minimum Gasteiger partial charge on any atom is -0.368 e. The summed E-state index contributed by atoms with van der Waals surface area (Å²) in [5, 5.41) is 4.32. The quantitative estimate of drug-likeness (QED) is 0.807. The van der Waals surface area contributed by atoms with Gasteiger partial charge in [-0.25, -0.2) is 4.39 Å². The minimum absolute atomic E-state index is 0.107. The molecule has 1 saturated heterocycles. The van der Waals surface area contributed by atoms with E-state index in [-0.39, 0.29) is 17.6 Å². The monoisotopic (exact) mass is 357 g/mol. The molecule has 2 aromatic rings. The summed E-state index contributed by atoms with van der Waals surface area (Å²) in [7, 11) is 1.75. The first kappa shape index (κ1) is 16.6. The van der Waals surface area contributed by atoms with Gasteiger partial charge in [0.1, 0.15) is 11.5 Å². The van der Waals surface area contributed by atoms with Crippen molar-refractivity contribution >= 4 is 17.5 Å². The van der Waals surface area contributed by atoms with Gasteiger partial charge in [-0.15, -0.1) is 0 Å². The molecule has 0 unspecified atom stereocenters. The highest BCUT2D eigenvalue weighted by Crippen LogP contribution is 2.19. The second-order valence-corrected chi connectivity index (χ2v) is 6.62. The van der Waals surface area contributed by atoms with Crippen molar-refractivity contribution in [2.45, 2.75) is 6.54 Å². The van der Waals surface area contributed by atoms with Crippen LogP contribution in [0, 0.1) is 5.82 Å². The molecule has 0 spiro atoms. The molecule has 1 aromatic heterocycles. The average Bonchev–Trinajstić information content (AvgIpc) is 3.10. The molecule has 8 heteroatoms. The number of nitrogens with zero attached hydrogens (tertiary/aromatic N) is 5. The number of fused-ring (bicyclic) bond motifs is 1. The zero-order chi connectivity index (χ0) is 18.3. The lowest BCUT2D eigenvalue weighted by Gasteiger charge is -2.35. The summed E-state index contributed by atoms with van der Waals surface area (Å²) in [6, 6.07) is 7.97. The Labute approximate surface area is 150 Å². The van der Waals surface area contributed by atoms with Gasteiger partial charge < -0.3 is 14.7 Å². The Morgan fingerprint density at radius 3 is 2.42 bits per heavy atom. The summed E-state index contributed by atoms with van der Waals surface area (Å²) in [4.78, 5) is 30.4. The number of aromatic nitrogens is 2. The van der Waals surface area contributed by atoms with Crippen LogP contribution in [0.4, 0.5) is 10.1 Å². The first-order valence-corrected chi connectivity index (χ1v) is 8.66. The van der Waals surface area contributed by atoms with E-state index in [1.807, 2.05) is 0 Å².